The fourth-order valence-electron chi connectivity index (χ4n) is 5.40. The summed E-state index contributed by atoms with van der Waals surface area (Å²) in [6, 6.07) is 21.1. The van der Waals surface area contributed by atoms with Crippen molar-refractivity contribution in [1.82, 2.24) is 9.88 Å². The summed E-state index contributed by atoms with van der Waals surface area (Å²) in [5.74, 6) is -2.54. The molecule has 1 heterocycles. The third-order valence-electron chi connectivity index (χ3n) is 7.80. The number of hydrogen-bond donors (Lipinski definition) is 2. The molecule has 0 unspecified atom stereocenters. The van der Waals surface area contributed by atoms with Gasteiger partial charge in [-0.3, -0.25) is 4.79 Å². The molecule has 5 rings (SSSR count). The van der Waals surface area contributed by atoms with E-state index in [9.17, 15) is 32.3 Å². The molecule has 1 atom stereocenters. The number of carboxylic acid groups (broad SMARTS) is 1. The molecule has 43 heavy (non-hydrogen) atoms. The topological polar surface area (TPSA) is 71.3 Å². The number of halogens is 4. The standard InChI is InChI=1S/C34H28F4N2O3/c1-19-21(3)40(18-22-8-10-23(11-9-22)27-6-4-5-7-28(27)33(42)43)31-15-12-24(16-29(19)31)32(41)39-20(2)26-14-13-25(35)17-30(26)34(36,37)38/h4-17,20H,18H2,1-3H3,(H,39,41)(H,42,43)/t20-/m1/s1. The smallest absolute Gasteiger partial charge is 0.416 e. The number of amides is 1. The molecule has 220 valence electrons. The van der Waals surface area contributed by atoms with Gasteiger partial charge in [0.2, 0.25) is 0 Å². The second-order valence-corrected chi connectivity index (χ2v) is 10.5. The van der Waals surface area contributed by atoms with Gasteiger partial charge in [0.15, 0.2) is 0 Å². The first-order valence-corrected chi connectivity index (χ1v) is 13.5. The molecule has 1 aromatic heterocycles. The van der Waals surface area contributed by atoms with Crippen molar-refractivity contribution in [1.29, 1.82) is 0 Å². The highest BCUT2D eigenvalue weighted by atomic mass is 19.4. The van der Waals surface area contributed by atoms with Crippen LogP contribution in [0.25, 0.3) is 22.0 Å². The van der Waals surface area contributed by atoms with E-state index >= 15 is 0 Å². The average molecular weight is 589 g/mol. The first kappa shape index (κ1) is 29.6. The van der Waals surface area contributed by atoms with E-state index in [0.29, 0.717) is 18.2 Å². The molecule has 9 heteroatoms. The van der Waals surface area contributed by atoms with Crippen LogP contribution in [-0.4, -0.2) is 21.6 Å². The van der Waals surface area contributed by atoms with Gasteiger partial charge < -0.3 is 15.0 Å². The van der Waals surface area contributed by atoms with Crippen LogP contribution in [0.2, 0.25) is 0 Å². The Balaban J connectivity index is 1.39. The summed E-state index contributed by atoms with van der Waals surface area (Å²) >= 11 is 0. The maximum absolute atomic E-state index is 13.5. The number of rotatable bonds is 7. The van der Waals surface area contributed by atoms with E-state index in [1.54, 1.807) is 36.4 Å². The van der Waals surface area contributed by atoms with Crippen molar-refractivity contribution in [3.8, 4) is 11.1 Å². The second-order valence-electron chi connectivity index (χ2n) is 10.5. The van der Waals surface area contributed by atoms with Crippen molar-refractivity contribution >= 4 is 22.8 Å². The van der Waals surface area contributed by atoms with Gasteiger partial charge in [0, 0.05) is 28.7 Å². The molecule has 0 aliphatic rings. The highest BCUT2D eigenvalue weighted by Crippen LogP contribution is 2.35. The van der Waals surface area contributed by atoms with E-state index in [0.717, 1.165) is 45.4 Å². The van der Waals surface area contributed by atoms with Crippen LogP contribution in [0, 0.1) is 19.7 Å². The maximum atomic E-state index is 13.5. The van der Waals surface area contributed by atoms with Gasteiger partial charge in [-0.15, -0.1) is 0 Å². The third-order valence-corrected chi connectivity index (χ3v) is 7.80. The van der Waals surface area contributed by atoms with Crippen LogP contribution in [0.3, 0.4) is 0 Å². The predicted molar refractivity (Wildman–Crippen MR) is 157 cm³/mol. The molecule has 0 bridgehead atoms. The summed E-state index contributed by atoms with van der Waals surface area (Å²) in [4.78, 5) is 24.7. The highest BCUT2D eigenvalue weighted by Gasteiger charge is 2.35. The molecule has 0 radical (unpaired) electrons. The van der Waals surface area contributed by atoms with Gasteiger partial charge in [0.1, 0.15) is 5.82 Å². The van der Waals surface area contributed by atoms with E-state index < -0.39 is 35.5 Å². The Hall–Kier alpha value is -4.92. The zero-order valence-corrected chi connectivity index (χ0v) is 23.6. The van der Waals surface area contributed by atoms with Crippen LogP contribution >= 0.6 is 0 Å². The number of aryl methyl sites for hydroxylation is 1. The summed E-state index contributed by atoms with van der Waals surface area (Å²) < 4.78 is 56.2. The number of fused-ring (bicyclic) bond motifs is 1. The minimum Gasteiger partial charge on any atom is -0.478 e. The fourth-order valence-corrected chi connectivity index (χ4v) is 5.40. The molecule has 0 aliphatic carbocycles. The minimum atomic E-state index is -4.77. The van der Waals surface area contributed by atoms with Crippen molar-refractivity contribution in [2.75, 3.05) is 0 Å². The van der Waals surface area contributed by atoms with Crippen LogP contribution in [0.1, 0.15) is 61.6 Å². The Bertz CT molecular complexity index is 1860. The highest BCUT2D eigenvalue weighted by molar-refractivity contribution is 5.99. The average Bonchev–Trinajstić information content (AvgIpc) is 3.21. The number of carboxylic acids is 1. The molecule has 4 aromatic carbocycles. The fraction of sp³-hybridized carbons (Fsp3) is 0.176. The Morgan fingerprint density at radius 2 is 1.63 bits per heavy atom. The van der Waals surface area contributed by atoms with Crippen LogP contribution in [-0.2, 0) is 12.7 Å². The third kappa shape index (κ3) is 5.88. The van der Waals surface area contributed by atoms with Crippen molar-refractivity contribution < 1.29 is 32.3 Å². The molecular weight excluding hydrogens is 560 g/mol. The van der Waals surface area contributed by atoms with E-state index in [1.807, 2.05) is 44.2 Å². The molecule has 5 aromatic rings. The van der Waals surface area contributed by atoms with Gasteiger partial charge in [-0.1, -0.05) is 48.5 Å². The van der Waals surface area contributed by atoms with Crippen molar-refractivity contribution in [2.24, 2.45) is 0 Å². The normalized spacial score (nSPS) is 12.3. The van der Waals surface area contributed by atoms with E-state index in [-0.39, 0.29) is 16.7 Å². The Kier molecular flexibility index (Phi) is 7.84. The van der Waals surface area contributed by atoms with Gasteiger partial charge in [-0.2, -0.15) is 13.2 Å². The lowest BCUT2D eigenvalue weighted by atomic mass is 9.99. The number of aromatic nitrogens is 1. The van der Waals surface area contributed by atoms with Gasteiger partial charge in [-0.25, -0.2) is 9.18 Å². The Labute approximate surface area is 245 Å². The quantitative estimate of drug-likeness (QED) is 0.188. The van der Waals surface area contributed by atoms with E-state index in [2.05, 4.69) is 9.88 Å². The number of nitrogens with one attached hydrogen (secondary N) is 1. The second kappa shape index (κ2) is 11.4. The zero-order valence-electron chi connectivity index (χ0n) is 23.6. The van der Waals surface area contributed by atoms with Crippen LogP contribution in [0.4, 0.5) is 17.6 Å². The number of alkyl halides is 3. The van der Waals surface area contributed by atoms with Gasteiger partial charge in [0.05, 0.1) is 17.2 Å². The van der Waals surface area contributed by atoms with Crippen LogP contribution < -0.4 is 5.32 Å². The van der Waals surface area contributed by atoms with Crippen molar-refractivity contribution in [2.45, 2.75) is 39.5 Å². The van der Waals surface area contributed by atoms with Crippen molar-refractivity contribution in [3.63, 3.8) is 0 Å². The van der Waals surface area contributed by atoms with Gasteiger partial charge in [0.25, 0.3) is 5.91 Å². The largest absolute Gasteiger partial charge is 0.478 e. The van der Waals surface area contributed by atoms with E-state index in [4.69, 9.17) is 0 Å². The van der Waals surface area contributed by atoms with Crippen molar-refractivity contribution in [3.05, 3.63) is 130 Å². The lowest BCUT2D eigenvalue weighted by Gasteiger charge is -2.20. The molecule has 0 spiro atoms. The Morgan fingerprint density at radius 1 is 0.930 bits per heavy atom. The molecule has 0 fully saturated rings. The molecule has 0 aliphatic heterocycles. The molecule has 5 nitrogen and oxygen atoms in total. The lowest BCUT2D eigenvalue weighted by Crippen LogP contribution is -2.28. The SMILES string of the molecule is Cc1c(C)n(Cc2ccc(-c3ccccc3C(=O)O)cc2)c2ccc(C(=O)N[C@H](C)c3ccc(F)cc3C(F)(F)F)cc12. The number of benzene rings is 4. The number of aromatic carboxylic acids is 1. The summed E-state index contributed by atoms with van der Waals surface area (Å²) in [6.45, 7) is 5.88. The van der Waals surface area contributed by atoms with Gasteiger partial charge in [-0.05, 0) is 85.0 Å². The number of hydrogen-bond acceptors (Lipinski definition) is 2. The first-order chi connectivity index (χ1) is 20.3. The summed E-state index contributed by atoms with van der Waals surface area (Å²) in [5.41, 5.74) is 4.42. The minimum absolute atomic E-state index is 0.223. The summed E-state index contributed by atoms with van der Waals surface area (Å²) in [5, 5.41) is 13.0. The lowest BCUT2D eigenvalue weighted by molar-refractivity contribution is -0.138. The molecule has 0 saturated carbocycles. The van der Waals surface area contributed by atoms with E-state index in [1.165, 1.54) is 6.92 Å². The molecule has 0 saturated heterocycles. The number of nitrogens with zero attached hydrogens (tertiary/aromatic N) is 1. The summed E-state index contributed by atoms with van der Waals surface area (Å²) in [6.07, 6.45) is -4.77. The Morgan fingerprint density at radius 3 is 2.30 bits per heavy atom. The monoisotopic (exact) mass is 588 g/mol. The predicted octanol–water partition coefficient (Wildman–Crippen LogP) is 8.32. The number of carbonyl (C=O) groups is 2. The maximum Gasteiger partial charge on any atom is 0.416 e. The summed E-state index contributed by atoms with van der Waals surface area (Å²) in [7, 11) is 0. The zero-order chi connectivity index (χ0) is 31.1. The van der Waals surface area contributed by atoms with Crippen LogP contribution in [0.5, 0.6) is 0 Å². The molecular formula is C34H28F4N2O3. The van der Waals surface area contributed by atoms with Gasteiger partial charge >= 0.3 is 12.1 Å². The molecule has 1 amide bonds. The molecule has 2 N–H and O–H groups in total. The first-order valence-electron chi connectivity index (χ1n) is 13.5. The van der Waals surface area contributed by atoms with Crippen LogP contribution in [0.15, 0.2) is 84.9 Å². The number of carbonyl (C=O) groups excluding carboxylic acids is 1.